The Morgan fingerprint density at radius 2 is 2.28 bits per heavy atom. The molecule has 0 amide bonds. The Balaban J connectivity index is 2.32. The summed E-state index contributed by atoms with van der Waals surface area (Å²) >= 11 is 0.898. The van der Waals surface area contributed by atoms with E-state index in [2.05, 4.69) is 0 Å². The van der Waals surface area contributed by atoms with Crippen LogP contribution in [0.4, 0.5) is 0 Å². The summed E-state index contributed by atoms with van der Waals surface area (Å²) in [6.45, 7) is 0.522. The Morgan fingerprint density at radius 3 is 2.72 bits per heavy atom. The summed E-state index contributed by atoms with van der Waals surface area (Å²) < 4.78 is 37.6. The Labute approximate surface area is 107 Å². The number of hydrogen-bond acceptors (Lipinski definition) is 7. The molecule has 0 radical (unpaired) electrons. The number of nitrogens with two attached hydrogens (primary N) is 1. The molecule has 18 heavy (non-hydrogen) atoms. The highest BCUT2D eigenvalue weighted by Crippen LogP contribution is 2.33. The van der Waals surface area contributed by atoms with Crippen LogP contribution in [0.3, 0.4) is 0 Å². The van der Waals surface area contributed by atoms with Gasteiger partial charge in [-0.25, -0.2) is 18.4 Å². The van der Waals surface area contributed by atoms with Crippen LogP contribution in [-0.2, 0) is 19.5 Å². The predicted octanol–water partition coefficient (Wildman–Crippen LogP) is 0.307. The molecule has 0 bridgehead atoms. The molecule has 1 atom stereocenters. The summed E-state index contributed by atoms with van der Waals surface area (Å²) in [6.07, 6.45) is -0.0159. The van der Waals surface area contributed by atoms with Crippen LogP contribution in [0.25, 0.3) is 0 Å². The summed E-state index contributed by atoms with van der Waals surface area (Å²) in [6, 6.07) is 0. The third kappa shape index (κ3) is 2.48. The van der Waals surface area contributed by atoms with Gasteiger partial charge in [0.15, 0.2) is 5.75 Å². The van der Waals surface area contributed by atoms with Gasteiger partial charge in [-0.05, 0) is 0 Å². The number of sulfonamides is 1. The van der Waals surface area contributed by atoms with Gasteiger partial charge in [0.1, 0.15) is 9.77 Å². The molecule has 2 rings (SSSR count). The highest BCUT2D eigenvalue weighted by molar-refractivity contribution is 7.89. The van der Waals surface area contributed by atoms with Crippen LogP contribution in [-0.4, -0.2) is 34.4 Å². The van der Waals surface area contributed by atoms with Crippen LogP contribution in [0.1, 0.15) is 16.1 Å². The lowest BCUT2D eigenvalue weighted by Gasteiger charge is -2.25. The first-order valence-electron chi connectivity index (χ1n) is 4.94. The normalized spacial score (nSPS) is 19.1. The van der Waals surface area contributed by atoms with E-state index in [1.807, 2.05) is 0 Å². The van der Waals surface area contributed by atoms with E-state index in [9.17, 15) is 13.2 Å². The van der Waals surface area contributed by atoms with Gasteiger partial charge in [-0.3, -0.25) is 0 Å². The summed E-state index contributed by atoms with van der Waals surface area (Å²) in [7, 11) is -2.77. The van der Waals surface area contributed by atoms with Crippen molar-refractivity contribution in [2.75, 3.05) is 13.7 Å². The maximum atomic E-state index is 11.8. The number of hydrogen-bond donors (Lipinski definition) is 1. The van der Waals surface area contributed by atoms with Crippen molar-refractivity contribution in [3.05, 3.63) is 10.3 Å². The molecule has 1 saturated heterocycles. The molecule has 7 nitrogen and oxygen atoms in total. The van der Waals surface area contributed by atoms with Gasteiger partial charge >= 0.3 is 5.97 Å². The Hall–Kier alpha value is -1.16. The summed E-state index contributed by atoms with van der Waals surface area (Å²) in [4.78, 5) is 11.3. The molecule has 100 valence electrons. The van der Waals surface area contributed by atoms with Crippen LogP contribution < -0.4 is 9.88 Å². The molecule has 2 N–H and O–H groups in total. The first kappa shape index (κ1) is 13.3. The maximum absolute atomic E-state index is 11.8. The molecule has 2 heterocycles. The molecule has 1 unspecified atom stereocenters. The zero-order valence-corrected chi connectivity index (χ0v) is 11.0. The molecule has 1 aromatic rings. The van der Waals surface area contributed by atoms with E-state index < -0.39 is 22.3 Å². The van der Waals surface area contributed by atoms with Crippen molar-refractivity contribution >= 4 is 27.3 Å². The van der Waals surface area contributed by atoms with Gasteiger partial charge in [-0.2, -0.15) is 0 Å². The minimum Gasteiger partial charge on any atom is -0.494 e. The van der Waals surface area contributed by atoms with Crippen molar-refractivity contribution < 1.29 is 27.4 Å². The second-order valence-electron chi connectivity index (χ2n) is 3.50. The molecule has 9 heteroatoms. The number of methoxy groups -OCH3 is 1. The predicted molar refractivity (Wildman–Crippen MR) is 62.0 cm³/mol. The van der Waals surface area contributed by atoms with Crippen molar-refractivity contribution in [1.29, 1.82) is 0 Å². The second-order valence-corrected chi connectivity index (χ2v) is 5.88. The molecule has 1 aliphatic heterocycles. The highest BCUT2D eigenvalue weighted by atomic mass is 32.2. The van der Waals surface area contributed by atoms with Crippen molar-refractivity contribution in [1.82, 2.24) is 0 Å². The molecular formula is C9H11NO6S2. The fourth-order valence-corrected chi connectivity index (χ4v) is 3.49. The molecule has 0 aliphatic carbocycles. The Bertz CT molecular complexity index is 560. The third-order valence-corrected chi connectivity index (χ3v) is 4.34. The number of ether oxygens (including phenoxy) is 3. The lowest BCUT2D eigenvalue weighted by molar-refractivity contribution is -0.184. The maximum Gasteiger partial charge on any atom is 0.352 e. The lowest BCUT2D eigenvalue weighted by Crippen LogP contribution is -2.32. The van der Waals surface area contributed by atoms with Crippen LogP contribution in [0.5, 0.6) is 5.75 Å². The molecule has 1 fully saturated rings. The van der Waals surface area contributed by atoms with Crippen LogP contribution in [0.2, 0.25) is 0 Å². The smallest absolute Gasteiger partial charge is 0.352 e. The average molecular weight is 293 g/mol. The minimum atomic E-state index is -4.06. The SMILES string of the molecule is COc1csc(C(=O)OC2CCO2)c1S(N)(=O)=O. The quantitative estimate of drug-likeness (QED) is 0.801. The van der Waals surface area contributed by atoms with Gasteiger partial charge in [0.05, 0.1) is 13.7 Å². The number of rotatable bonds is 4. The zero-order chi connectivity index (χ0) is 13.3. The standard InChI is InChI=1S/C9H11NO6S2/c1-14-5-4-17-7(8(5)18(10,12)13)9(11)16-6-2-3-15-6/h4,6H,2-3H2,1H3,(H2,10,12,13). The van der Waals surface area contributed by atoms with Gasteiger partial charge in [0, 0.05) is 11.8 Å². The summed E-state index contributed by atoms with van der Waals surface area (Å²) in [5, 5.41) is 6.44. The molecule has 0 spiro atoms. The monoisotopic (exact) mass is 293 g/mol. The highest BCUT2D eigenvalue weighted by Gasteiger charge is 2.31. The van der Waals surface area contributed by atoms with E-state index in [-0.39, 0.29) is 15.5 Å². The molecule has 0 aromatic carbocycles. The number of carbonyl (C=O) groups is 1. The van der Waals surface area contributed by atoms with E-state index in [1.54, 1.807) is 0 Å². The topological polar surface area (TPSA) is 105 Å². The summed E-state index contributed by atoms with van der Waals surface area (Å²) in [5.41, 5.74) is 0. The third-order valence-electron chi connectivity index (χ3n) is 2.30. The molecule has 0 saturated carbocycles. The van der Waals surface area contributed by atoms with Gasteiger partial charge < -0.3 is 14.2 Å². The number of esters is 1. The van der Waals surface area contributed by atoms with Gasteiger partial charge in [0.25, 0.3) is 0 Å². The van der Waals surface area contributed by atoms with E-state index in [4.69, 9.17) is 19.3 Å². The Morgan fingerprint density at radius 1 is 1.61 bits per heavy atom. The number of carbonyl (C=O) groups excluding carboxylic acids is 1. The van der Waals surface area contributed by atoms with E-state index in [0.717, 1.165) is 11.3 Å². The fourth-order valence-electron chi connectivity index (χ4n) is 1.36. The minimum absolute atomic E-state index is 0.0315. The second kappa shape index (κ2) is 4.84. The van der Waals surface area contributed by atoms with Crippen LogP contribution in [0.15, 0.2) is 10.3 Å². The number of primary sulfonamides is 1. The van der Waals surface area contributed by atoms with Crippen LogP contribution >= 0.6 is 11.3 Å². The molecule has 1 aromatic heterocycles. The fraction of sp³-hybridized carbons (Fsp3) is 0.444. The Kier molecular flexibility index (Phi) is 3.57. The molecule has 1 aliphatic rings. The lowest BCUT2D eigenvalue weighted by atomic mass is 10.3. The van der Waals surface area contributed by atoms with E-state index >= 15 is 0 Å². The van der Waals surface area contributed by atoms with Crippen molar-refractivity contribution in [2.45, 2.75) is 17.6 Å². The first-order valence-corrected chi connectivity index (χ1v) is 7.37. The first-order chi connectivity index (χ1) is 8.43. The average Bonchev–Trinajstić information content (AvgIpc) is 2.66. The van der Waals surface area contributed by atoms with Crippen molar-refractivity contribution in [3.8, 4) is 5.75 Å². The van der Waals surface area contributed by atoms with Crippen LogP contribution in [0, 0.1) is 0 Å². The summed E-state index contributed by atoms with van der Waals surface area (Å²) in [5.74, 6) is -0.749. The van der Waals surface area contributed by atoms with Gasteiger partial charge in [-0.1, -0.05) is 0 Å². The zero-order valence-electron chi connectivity index (χ0n) is 9.41. The van der Waals surface area contributed by atoms with Crippen molar-refractivity contribution in [3.63, 3.8) is 0 Å². The van der Waals surface area contributed by atoms with E-state index in [0.29, 0.717) is 13.0 Å². The van der Waals surface area contributed by atoms with Gasteiger partial charge in [0.2, 0.25) is 16.3 Å². The molecular weight excluding hydrogens is 282 g/mol. The van der Waals surface area contributed by atoms with Crippen molar-refractivity contribution in [2.24, 2.45) is 5.14 Å². The van der Waals surface area contributed by atoms with Gasteiger partial charge in [-0.15, -0.1) is 11.3 Å². The largest absolute Gasteiger partial charge is 0.494 e. The van der Waals surface area contributed by atoms with E-state index in [1.165, 1.54) is 12.5 Å². The number of thiophene rings is 1.